The number of unbranched alkanes of at least 4 members (excludes halogenated alkanes) is 3. The molecular weight excluding hydrogens is 182 g/mol. The minimum atomic E-state index is 0.999. The van der Waals surface area contributed by atoms with Crippen LogP contribution in [-0.4, -0.2) is 6.54 Å². The zero-order chi connectivity index (χ0) is 10.9. The third-order valence-corrected chi connectivity index (χ3v) is 2.63. The maximum absolute atomic E-state index is 3.35. The van der Waals surface area contributed by atoms with Crippen molar-refractivity contribution < 1.29 is 0 Å². The van der Waals surface area contributed by atoms with Crippen molar-refractivity contribution in [1.29, 1.82) is 0 Å². The summed E-state index contributed by atoms with van der Waals surface area (Å²) in [6, 6.07) is 8.79. The van der Waals surface area contributed by atoms with Gasteiger partial charge in [-0.25, -0.2) is 0 Å². The molecule has 0 atom stereocenters. The Kier molecular flexibility index (Phi) is 5.91. The molecule has 0 amide bonds. The van der Waals surface area contributed by atoms with Crippen molar-refractivity contribution in [2.45, 2.75) is 46.0 Å². The lowest BCUT2D eigenvalue weighted by Gasteiger charge is -2.06. The Morgan fingerprint density at radius 3 is 2.67 bits per heavy atom. The highest BCUT2D eigenvalue weighted by atomic mass is 14.8. The number of nitrogens with one attached hydrogen (secondary N) is 1. The molecule has 0 spiro atoms. The number of anilines is 1. The molecule has 0 fully saturated rings. The van der Waals surface area contributed by atoms with Crippen molar-refractivity contribution in [3.05, 3.63) is 29.8 Å². The van der Waals surface area contributed by atoms with Crippen molar-refractivity contribution >= 4 is 5.69 Å². The molecule has 0 heterocycles. The van der Waals surface area contributed by atoms with Gasteiger partial charge >= 0.3 is 0 Å². The summed E-state index contributed by atoms with van der Waals surface area (Å²) in [6.45, 7) is 5.39. The summed E-state index contributed by atoms with van der Waals surface area (Å²) in [6.07, 6.45) is 6.59. The molecule has 1 aromatic carbocycles. The minimum Gasteiger partial charge on any atom is -0.385 e. The zero-order valence-electron chi connectivity index (χ0n) is 10.1. The molecule has 0 aromatic heterocycles. The second-order valence-electron chi connectivity index (χ2n) is 4.04. The normalized spacial score (nSPS) is 10.3. The van der Waals surface area contributed by atoms with Crippen LogP contribution in [0.15, 0.2) is 24.3 Å². The van der Waals surface area contributed by atoms with Crippen molar-refractivity contribution in [1.82, 2.24) is 0 Å². The van der Waals surface area contributed by atoms with Gasteiger partial charge in [-0.3, -0.25) is 0 Å². The SMILES string of the molecule is CCCCCCc1cccc(NCC)c1. The molecule has 0 unspecified atom stereocenters. The van der Waals surface area contributed by atoms with Crippen LogP contribution in [0.3, 0.4) is 0 Å². The number of hydrogen-bond donors (Lipinski definition) is 1. The monoisotopic (exact) mass is 205 g/mol. The number of hydrogen-bond acceptors (Lipinski definition) is 1. The Labute approximate surface area is 93.9 Å². The van der Waals surface area contributed by atoms with Crippen LogP contribution in [0.25, 0.3) is 0 Å². The van der Waals surface area contributed by atoms with Crippen LogP contribution < -0.4 is 5.32 Å². The van der Waals surface area contributed by atoms with Gasteiger partial charge in [0.05, 0.1) is 0 Å². The zero-order valence-corrected chi connectivity index (χ0v) is 10.1. The summed E-state index contributed by atoms with van der Waals surface area (Å²) in [4.78, 5) is 0. The fourth-order valence-electron chi connectivity index (χ4n) is 1.80. The van der Waals surface area contributed by atoms with Crippen molar-refractivity contribution in [3.63, 3.8) is 0 Å². The predicted molar refractivity (Wildman–Crippen MR) is 68.5 cm³/mol. The lowest BCUT2D eigenvalue weighted by atomic mass is 10.1. The second kappa shape index (κ2) is 7.33. The van der Waals surface area contributed by atoms with Gasteiger partial charge in [-0.2, -0.15) is 0 Å². The van der Waals surface area contributed by atoms with E-state index in [1.165, 1.54) is 43.4 Å². The first-order valence-corrected chi connectivity index (χ1v) is 6.19. The van der Waals surface area contributed by atoms with Gasteiger partial charge in [-0.15, -0.1) is 0 Å². The van der Waals surface area contributed by atoms with Gasteiger partial charge in [-0.05, 0) is 37.5 Å². The van der Waals surface area contributed by atoms with Crippen molar-refractivity contribution in [2.24, 2.45) is 0 Å². The van der Waals surface area contributed by atoms with Gasteiger partial charge < -0.3 is 5.32 Å². The first-order chi connectivity index (χ1) is 7.36. The van der Waals surface area contributed by atoms with Crippen LogP contribution in [0.4, 0.5) is 5.69 Å². The molecule has 1 heteroatoms. The predicted octanol–water partition coefficient (Wildman–Crippen LogP) is 4.24. The average molecular weight is 205 g/mol. The Morgan fingerprint density at radius 1 is 1.07 bits per heavy atom. The largest absolute Gasteiger partial charge is 0.385 e. The van der Waals surface area contributed by atoms with E-state index >= 15 is 0 Å². The van der Waals surface area contributed by atoms with E-state index in [4.69, 9.17) is 0 Å². The third kappa shape index (κ3) is 4.87. The Hall–Kier alpha value is -0.980. The molecule has 0 bridgehead atoms. The van der Waals surface area contributed by atoms with Gasteiger partial charge in [0.1, 0.15) is 0 Å². The molecule has 0 radical (unpaired) electrons. The smallest absolute Gasteiger partial charge is 0.0342 e. The van der Waals surface area contributed by atoms with E-state index in [-0.39, 0.29) is 0 Å². The highest BCUT2D eigenvalue weighted by Gasteiger charge is 1.95. The minimum absolute atomic E-state index is 0.999. The molecule has 1 N–H and O–H groups in total. The molecule has 1 rings (SSSR count). The molecule has 0 aliphatic heterocycles. The molecule has 0 saturated heterocycles. The standard InChI is InChI=1S/C14H23N/c1-3-5-6-7-9-13-10-8-11-14(12-13)15-4-2/h8,10-12,15H,3-7,9H2,1-2H3. The fraction of sp³-hybridized carbons (Fsp3) is 0.571. The molecular formula is C14H23N. The Balaban J connectivity index is 2.36. The Bertz CT molecular complexity index is 268. The molecule has 1 nitrogen and oxygen atoms in total. The van der Waals surface area contributed by atoms with Gasteiger partial charge in [0.2, 0.25) is 0 Å². The van der Waals surface area contributed by atoms with Crippen LogP contribution in [0, 0.1) is 0 Å². The molecule has 0 saturated carbocycles. The lowest BCUT2D eigenvalue weighted by Crippen LogP contribution is -1.97. The van der Waals surface area contributed by atoms with E-state index in [0.717, 1.165) is 6.54 Å². The number of rotatable bonds is 7. The van der Waals surface area contributed by atoms with E-state index in [0.29, 0.717) is 0 Å². The summed E-state index contributed by atoms with van der Waals surface area (Å²) >= 11 is 0. The summed E-state index contributed by atoms with van der Waals surface area (Å²) < 4.78 is 0. The van der Waals surface area contributed by atoms with E-state index < -0.39 is 0 Å². The van der Waals surface area contributed by atoms with Crippen LogP contribution >= 0.6 is 0 Å². The average Bonchev–Trinajstić information content (AvgIpc) is 2.26. The van der Waals surface area contributed by atoms with E-state index in [1.807, 2.05) is 0 Å². The van der Waals surface area contributed by atoms with Gasteiger partial charge in [0.25, 0.3) is 0 Å². The topological polar surface area (TPSA) is 12.0 Å². The maximum atomic E-state index is 3.35. The lowest BCUT2D eigenvalue weighted by molar-refractivity contribution is 0.667. The highest BCUT2D eigenvalue weighted by molar-refractivity contribution is 5.45. The second-order valence-corrected chi connectivity index (χ2v) is 4.04. The van der Waals surface area contributed by atoms with Crippen LogP contribution in [0.5, 0.6) is 0 Å². The van der Waals surface area contributed by atoms with E-state index in [9.17, 15) is 0 Å². The van der Waals surface area contributed by atoms with E-state index in [1.54, 1.807) is 0 Å². The molecule has 1 aromatic rings. The van der Waals surface area contributed by atoms with Gasteiger partial charge in [-0.1, -0.05) is 38.3 Å². The van der Waals surface area contributed by atoms with Gasteiger partial charge in [0.15, 0.2) is 0 Å². The third-order valence-electron chi connectivity index (χ3n) is 2.63. The van der Waals surface area contributed by atoms with Crippen LogP contribution in [0.2, 0.25) is 0 Å². The summed E-state index contributed by atoms with van der Waals surface area (Å²) in [5.74, 6) is 0. The van der Waals surface area contributed by atoms with Crippen LogP contribution in [-0.2, 0) is 6.42 Å². The fourth-order valence-corrected chi connectivity index (χ4v) is 1.80. The first-order valence-electron chi connectivity index (χ1n) is 6.19. The number of benzene rings is 1. The first kappa shape index (κ1) is 12.1. The van der Waals surface area contributed by atoms with E-state index in [2.05, 4.69) is 43.4 Å². The summed E-state index contributed by atoms with van der Waals surface area (Å²) in [5, 5.41) is 3.35. The molecule has 15 heavy (non-hydrogen) atoms. The summed E-state index contributed by atoms with van der Waals surface area (Å²) in [5.41, 5.74) is 2.72. The maximum Gasteiger partial charge on any atom is 0.0342 e. The number of aryl methyl sites for hydroxylation is 1. The quantitative estimate of drug-likeness (QED) is 0.656. The van der Waals surface area contributed by atoms with Crippen molar-refractivity contribution in [3.8, 4) is 0 Å². The van der Waals surface area contributed by atoms with Gasteiger partial charge in [0, 0.05) is 12.2 Å². The molecule has 0 aliphatic carbocycles. The molecule has 84 valence electrons. The van der Waals surface area contributed by atoms with Crippen molar-refractivity contribution in [2.75, 3.05) is 11.9 Å². The summed E-state index contributed by atoms with van der Waals surface area (Å²) in [7, 11) is 0. The molecule has 0 aliphatic rings. The van der Waals surface area contributed by atoms with Crippen LogP contribution in [0.1, 0.15) is 45.1 Å². The highest BCUT2D eigenvalue weighted by Crippen LogP contribution is 2.13. The Morgan fingerprint density at radius 2 is 1.93 bits per heavy atom.